The summed E-state index contributed by atoms with van der Waals surface area (Å²) >= 11 is 0. The molecule has 0 spiro atoms. The first-order valence-corrected chi connectivity index (χ1v) is 10.5. The molecule has 28 heavy (non-hydrogen) atoms. The summed E-state index contributed by atoms with van der Waals surface area (Å²) in [6.07, 6.45) is 0.280. The van der Waals surface area contributed by atoms with Crippen LogP contribution in [0.3, 0.4) is 0 Å². The Morgan fingerprint density at radius 2 is 1.86 bits per heavy atom. The van der Waals surface area contributed by atoms with E-state index in [1.54, 1.807) is 0 Å². The van der Waals surface area contributed by atoms with Crippen LogP contribution in [0, 0.1) is 19.8 Å². The first-order valence-electron chi connectivity index (χ1n) is 10.5. The van der Waals surface area contributed by atoms with E-state index in [1.807, 2.05) is 4.90 Å². The van der Waals surface area contributed by atoms with Gasteiger partial charge in [0.15, 0.2) is 0 Å². The van der Waals surface area contributed by atoms with Gasteiger partial charge < -0.3 is 15.1 Å². The minimum atomic E-state index is -0.332. The zero-order valence-electron chi connectivity index (χ0n) is 17.7. The molecule has 2 saturated heterocycles. The minimum Gasteiger partial charge on any atom is -0.368 e. The normalized spacial score (nSPS) is 21.2. The molecular formula is C22H34N4O2. The fraction of sp³-hybridized carbons (Fsp3) is 0.636. The highest BCUT2D eigenvalue weighted by atomic mass is 16.2. The lowest BCUT2D eigenvalue weighted by molar-refractivity contribution is -0.139. The van der Waals surface area contributed by atoms with Crippen molar-refractivity contribution in [2.24, 2.45) is 5.92 Å². The lowest BCUT2D eigenvalue weighted by Crippen LogP contribution is -2.58. The van der Waals surface area contributed by atoms with E-state index in [0.29, 0.717) is 25.6 Å². The van der Waals surface area contributed by atoms with Crippen molar-refractivity contribution in [3.63, 3.8) is 0 Å². The highest BCUT2D eigenvalue weighted by Crippen LogP contribution is 2.23. The number of rotatable bonds is 5. The average Bonchev–Trinajstić information content (AvgIpc) is 2.64. The smallest absolute Gasteiger partial charge is 0.237 e. The monoisotopic (exact) mass is 386 g/mol. The molecule has 6 heteroatoms. The van der Waals surface area contributed by atoms with Gasteiger partial charge >= 0.3 is 0 Å². The van der Waals surface area contributed by atoms with Gasteiger partial charge in [0.25, 0.3) is 0 Å². The molecule has 1 N–H and O–H groups in total. The number of nitrogens with zero attached hydrogens (tertiary/aromatic N) is 3. The molecule has 1 unspecified atom stereocenters. The summed E-state index contributed by atoms with van der Waals surface area (Å²) in [5, 5.41) is 2.92. The second-order valence-corrected chi connectivity index (χ2v) is 8.56. The van der Waals surface area contributed by atoms with Crippen LogP contribution in [0.25, 0.3) is 0 Å². The van der Waals surface area contributed by atoms with Crippen molar-refractivity contribution in [2.75, 3.05) is 50.7 Å². The van der Waals surface area contributed by atoms with Gasteiger partial charge in [-0.2, -0.15) is 0 Å². The SMILES string of the molecule is Cc1ccc(N2CCN(C(=O)CC3C(=O)NCCN3CC(C)C)CC2)c(C)c1. The standard InChI is InChI=1S/C22H34N4O2/c1-16(2)15-26-8-7-23-22(28)20(26)14-21(27)25-11-9-24(10-12-25)19-6-5-17(3)13-18(19)4/h5-6,13,16,20H,7-12,14-15H2,1-4H3,(H,23,28). The maximum Gasteiger partial charge on any atom is 0.237 e. The van der Waals surface area contributed by atoms with Crippen LogP contribution in [0.15, 0.2) is 18.2 Å². The molecule has 0 radical (unpaired) electrons. The van der Waals surface area contributed by atoms with Crippen LogP contribution in [0.2, 0.25) is 0 Å². The van der Waals surface area contributed by atoms with Crippen LogP contribution in [0.4, 0.5) is 5.69 Å². The number of piperazine rings is 2. The second kappa shape index (κ2) is 8.95. The molecule has 6 nitrogen and oxygen atoms in total. The van der Waals surface area contributed by atoms with E-state index in [0.717, 1.165) is 26.2 Å². The van der Waals surface area contributed by atoms with Crippen LogP contribution in [0.1, 0.15) is 31.4 Å². The third kappa shape index (κ3) is 4.85. The molecule has 2 heterocycles. The molecule has 1 aromatic carbocycles. The molecule has 1 aromatic rings. The Kier molecular flexibility index (Phi) is 6.60. The number of hydrogen-bond acceptors (Lipinski definition) is 4. The Morgan fingerprint density at radius 3 is 2.50 bits per heavy atom. The summed E-state index contributed by atoms with van der Waals surface area (Å²) in [5.41, 5.74) is 3.81. The van der Waals surface area contributed by atoms with Crippen molar-refractivity contribution >= 4 is 17.5 Å². The minimum absolute atomic E-state index is 0.00540. The van der Waals surface area contributed by atoms with Crippen molar-refractivity contribution in [3.8, 4) is 0 Å². The quantitative estimate of drug-likeness (QED) is 0.838. The third-order valence-corrected chi connectivity index (χ3v) is 5.73. The van der Waals surface area contributed by atoms with E-state index in [1.165, 1.54) is 16.8 Å². The van der Waals surface area contributed by atoms with E-state index >= 15 is 0 Å². The van der Waals surface area contributed by atoms with E-state index in [4.69, 9.17) is 0 Å². The predicted molar refractivity (Wildman–Crippen MR) is 113 cm³/mol. The van der Waals surface area contributed by atoms with Gasteiger partial charge in [0.1, 0.15) is 0 Å². The summed E-state index contributed by atoms with van der Waals surface area (Å²) in [6.45, 7) is 14.0. The predicted octanol–water partition coefficient (Wildman–Crippen LogP) is 1.80. The van der Waals surface area contributed by atoms with Crippen LogP contribution in [0.5, 0.6) is 0 Å². The number of aryl methyl sites for hydroxylation is 2. The number of anilines is 1. The van der Waals surface area contributed by atoms with E-state index in [-0.39, 0.29) is 24.3 Å². The molecule has 0 aromatic heterocycles. The molecule has 1 atom stereocenters. The van der Waals surface area contributed by atoms with Gasteiger partial charge in [-0.1, -0.05) is 31.5 Å². The van der Waals surface area contributed by atoms with Crippen LogP contribution < -0.4 is 10.2 Å². The van der Waals surface area contributed by atoms with Crippen molar-refractivity contribution < 1.29 is 9.59 Å². The van der Waals surface area contributed by atoms with Crippen molar-refractivity contribution in [1.82, 2.24) is 15.1 Å². The highest BCUT2D eigenvalue weighted by Gasteiger charge is 2.33. The first-order chi connectivity index (χ1) is 13.3. The molecule has 2 amide bonds. The summed E-state index contributed by atoms with van der Waals surface area (Å²) in [4.78, 5) is 31.7. The van der Waals surface area contributed by atoms with Crippen LogP contribution >= 0.6 is 0 Å². The van der Waals surface area contributed by atoms with E-state index in [2.05, 4.69) is 61.0 Å². The number of hydrogen-bond donors (Lipinski definition) is 1. The summed E-state index contributed by atoms with van der Waals surface area (Å²) in [7, 11) is 0. The lowest BCUT2D eigenvalue weighted by Gasteiger charge is -2.39. The van der Waals surface area contributed by atoms with Crippen molar-refractivity contribution in [2.45, 2.75) is 40.2 Å². The molecule has 2 aliphatic heterocycles. The summed E-state index contributed by atoms with van der Waals surface area (Å²) < 4.78 is 0. The maximum atomic E-state index is 12.9. The number of carbonyl (C=O) groups excluding carboxylic acids is 2. The third-order valence-electron chi connectivity index (χ3n) is 5.73. The van der Waals surface area contributed by atoms with Gasteiger partial charge in [-0.15, -0.1) is 0 Å². The zero-order valence-corrected chi connectivity index (χ0v) is 17.7. The largest absolute Gasteiger partial charge is 0.368 e. The molecule has 0 bridgehead atoms. The van der Waals surface area contributed by atoms with Gasteiger partial charge in [0.05, 0.1) is 12.5 Å². The second-order valence-electron chi connectivity index (χ2n) is 8.56. The van der Waals surface area contributed by atoms with Crippen LogP contribution in [-0.4, -0.2) is 73.5 Å². The molecule has 0 aliphatic carbocycles. The highest BCUT2D eigenvalue weighted by molar-refractivity contribution is 5.89. The molecule has 2 fully saturated rings. The molecular weight excluding hydrogens is 352 g/mol. The van der Waals surface area contributed by atoms with Crippen LogP contribution in [-0.2, 0) is 9.59 Å². The molecule has 154 valence electrons. The Bertz CT molecular complexity index is 710. The maximum absolute atomic E-state index is 12.9. The zero-order chi connectivity index (χ0) is 20.3. The van der Waals surface area contributed by atoms with Gasteiger partial charge in [0.2, 0.25) is 11.8 Å². The molecule has 3 rings (SSSR count). The van der Waals surface area contributed by atoms with Crippen molar-refractivity contribution in [1.29, 1.82) is 0 Å². The van der Waals surface area contributed by atoms with Gasteiger partial charge in [-0.05, 0) is 31.4 Å². The Balaban J connectivity index is 1.57. The first kappa shape index (κ1) is 20.6. The number of carbonyl (C=O) groups is 2. The summed E-state index contributed by atoms with van der Waals surface area (Å²) in [5.74, 6) is 0.565. The van der Waals surface area contributed by atoms with Gasteiger partial charge in [0, 0.05) is 51.5 Å². The van der Waals surface area contributed by atoms with E-state index < -0.39 is 0 Å². The summed E-state index contributed by atoms with van der Waals surface area (Å²) in [6, 6.07) is 6.20. The van der Waals surface area contributed by atoms with Crippen molar-refractivity contribution in [3.05, 3.63) is 29.3 Å². The Morgan fingerprint density at radius 1 is 1.14 bits per heavy atom. The molecule has 2 aliphatic rings. The number of amides is 2. The number of nitrogens with one attached hydrogen (secondary N) is 1. The average molecular weight is 387 g/mol. The topological polar surface area (TPSA) is 55.9 Å². The Labute approximate surface area is 168 Å². The fourth-order valence-corrected chi connectivity index (χ4v) is 4.32. The Hall–Kier alpha value is -2.08. The van der Waals surface area contributed by atoms with Gasteiger partial charge in [-0.25, -0.2) is 0 Å². The van der Waals surface area contributed by atoms with Gasteiger partial charge in [-0.3, -0.25) is 14.5 Å². The lowest BCUT2D eigenvalue weighted by atomic mass is 10.0. The molecule has 0 saturated carbocycles. The number of benzene rings is 1. The fourth-order valence-electron chi connectivity index (χ4n) is 4.32. The van der Waals surface area contributed by atoms with E-state index in [9.17, 15) is 9.59 Å².